The molecule has 3 rings (SSSR count). The van der Waals surface area contributed by atoms with Crippen molar-refractivity contribution in [2.75, 3.05) is 18.0 Å². The molecule has 31 heavy (non-hydrogen) atoms. The summed E-state index contributed by atoms with van der Waals surface area (Å²) in [6.45, 7) is 9.76. The number of carbonyl (C=O) groups is 1. The first kappa shape index (κ1) is 22.6. The number of amides is 1. The van der Waals surface area contributed by atoms with Gasteiger partial charge < -0.3 is 19.1 Å². The van der Waals surface area contributed by atoms with Crippen molar-refractivity contribution in [3.8, 4) is 6.07 Å². The zero-order valence-corrected chi connectivity index (χ0v) is 19.1. The van der Waals surface area contributed by atoms with Gasteiger partial charge >= 0.3 is 6.09 Å². The summed E-state index contributed by atoms with van der Waals surface area (Å²) in [5.41, 5.74) is -0.491. The fourth-order valence-corrected chi connectivity index (χ4v) is 4.03. The highest BCUT2D eigenvalue weighted by Crippen LogP contribution is 2.32. The molecule has 0 radical (unpaired) electrons. The number of aryl methyl sites for hydroxylation is 2. The number of hydrogen-bond acceptors (Lipinski definition) is 6. The Morgan fingerprint density at radius 2 is 1.87 bits per heavy atom. The largest absolute Gasteiger partial charge is 0.444 e. The van der Waals surface area contributed by atoms with Crippen LogP contribution >= 0.6 is 0 Å². The van der Waals surface area contributed by atoms with Crippen molar-refractivity contribution in [3.05, 3.63) is 22.0 Å². The van der Waals surface area contributed by atoms with Crippen LogP contribution in [-0.4, -0.2) is 55.9 Å². The van der Waals surface area contributed by atoms with Gasteiger partial charge in [0.2, 0.25) is 5.82 Å². The van der Waals surface area contributed by atoms with E-state index in [0.29, 0.717) is 30.1 Å². The number of hydrogen-bond donors (Lipinski definition) is 0. The summed E-state index contributed by atoms with van der Waals surface area (Å²) in [6, 6.07) is 1.50. The number of pyridine rings is 1. The van der Waals surface area contributed by atoms with Crippen LogP contribution in [0.3, 0.4) is 0 Å². The van der Waals surface area contributed by atoms with Gasteiger partial charge in [-0.15, -0.1) is 0 Å². The molecule has 0 spiro atoms. The highest BCUT2D eigenvalue weighted by molar-refractivity contribution is 5.88. The van der Waals surface area contributed by atoms with Gasteiger partial charge in [-0.2, -0.15) is 9.65 Å². The number of imidazole rings is 1. The summed E-state index contributed by atoms with van der Waals surface area (Å²) in [4.78, 5) is 33.2. The number of fused-ring (bicyclic) bond motifs is 1. The molecule has 1 fully saturated rings. The Labute approximate surface area is 180 Å². The van der Waals surface area contributed by atoms with Crippen molar-refractivity contribution in [3.63, 3.8) is 0 Å². The van der Waals surface area contributed by atoms with Gasteiger partial charge in [-0.05, 0) is 34.6 Å². The Hall–Kier alpha value is -3.09. The minimum Gasteiger partial charge on any atom is -0.444 e. The van der Waals surface area contributed by atoms with Gasteiger partial charge in [0, 0.05) is 39.3 Å². The average Bonchev–Trinajstić information content (AvgIpc) is 2.97. The standard InChI is InChI=1S/C21H29FN6O3/c1-12-11-28(20(30)31-21(3,4)5)13(2)10-27(12)17-15(22)19(29)26(7)18-16(17)24-14(8-9-23)25(18)6/h12-13H,8,10-11H2,1-7H3/t12-,13+/m0/s1. The van der Waals surface area contributed by atoms with E-state index in [-0.39, 0.29) is 24.2 Å². The number of ether oxygens (including phenoxy) is 1. The van der Waals surface area contributed by atoms with Gasteiger partial charge in [0.1, 0.15) is 28.3 Å². The van der Waals surface area contributed by atoms with E-state index in [2.05, 4.69) is 4.98 Å². The van der Waals surface area contributed by atoms with E-state index in [0.717, 1.165) is 0 Å². The van der Waals surface area contributed by atoms with Crippen molar-refractivity contribution in [2.24, 2.45) is 14.1 Å². The lowest BCUT2D eigenvalue weighted by atomic mass is 10.1. The lowest BCUT2D eigenvalue weighted by molar-refractivity contribution is 0.0130. The van der Waals surface area contributed by atoms with Crippen LogP contribution in [0.15, 0.2) is 4.79 Å². The van der Waals surface area contributed by atoms with E-state index in [9.17, 15) is 9.59 Å². The number of piperazine rings is 1. The summed E-state index contributed by atoms with van der Waals surface area (Å²) in [5, 5.41) is 9.10. The molecule has 1 saturated heterocycles. The van der Waals surface area contributed by atoms with Crippen LogP contribution < -0.4 is 10.5 Å². The summed E-state index contributed by atoms with van der Waals surface area (Å²) < 4.78 is 23.7. The van der Waals surface area contributed by atoms with Crippen LogP contribution in [0.1, 0.15) is 40.4 Å². The molecule has 0 aromatic carbocycles. The fraction of sp³-hybridized carbons (Fsp3) is 0.619. The highest BCUT2D eigenvalue weighted by Gasteiger charge is 2.37. The van der Waals surface area contributed by atoms with Gasteiger partial charge in [0.25, 0.3) is 5.56 Å². The number of rotatable bonds is 2. The van der Waals surface area contributed by atoms with E-state index in [4.69, 9.17) is 10.00 Å². The SMILES string of the molecule is C[C@@H]1CN(c2c(F)c(=O)n(C)c3c2nc(CC#N)n3C)[C@@H](C)CN1C(=O)OC(C)(C)C. The zero-order chi connectivity index (χ0) is 23.2. The molecule has 0 N–H and O–H groups in total. The van der Waals surface area contributed by atoms with E-state index >= 15 is 4.39 Å². The van der Waals surface area contributed by atoms with Crippen molar-refractivity contribution < 1.29 is 13.9 Å². The molecule has 2 aromatic heterocycles. The zero-order valence-electron chi connectivity index (χ0n) is 19.1. The summed E-state index contributed by atoms with van der Waals surface area (Å²) in [6.07, 6.45) is -0.381. The van der Waals surface area contributed by atoms with Gasteiger partial charge in [-0.1, -0.05) is 0 Å². The van der Waals surface area contributed by atoms with Crippen LogP contribution in [0, 0.1) is 17.1 Å². The van der Waals surface area contributed by atoms with E-state index < -0.39 is 23.1 Å². The average molecular weight is 433 g/mol. The van der Waals surface area contributed by atoms with E-state index in [1.807, 2.05) is 19.9 Å². The number of nitrogens with zero attached hydrogens (tertiary/aromatic N) is 6. The number of anilines is 1. The van der Waals surface area contributed by atoms with Crippen molar-refractivity contribution in [2.45, 2.75) is 58.7 Å². The predicted molar refractivity (Wildman–Crippen MR) is 114 cm³/mol. The molecule has 0 aliphatic carbocycles. The minimum atomic E-state index is -0.888. The number of aromatic nitrogens is 3. The van der Waals surface area contributed by atoms with Crippen molar-refractivity contribution >= 4 is 22.9 Å². The van der Waals surface area contributed by atoms with Crippen molar-refractivity contribution in [1.29, 1.82) is 5.26 Å². The van der Waals surface area contributed by atoms with Crippen molar-refractivity contribution in [1.82, 2.24) is 19.0 Å². The van der Waals surface area contributed by atoms with Crippen LogP contribution in [0.2, 0.25) is 0 Å². The molecule has 1 aliphatic heterocycles. The van der Waals surface area contributed by atoms with Crippen LogP contribution in [0.4, 0.5) is 14.9 Å². The molecular formula is C21H29FN6O3. The minimum absolute atomic E-state index is 0.0405. The Bertz CT molecular complexity index is 1120. The fourth-order valence-electron chi connectivity index (χ4n) is 4.03. The smallest absolute Gasteiger partial charge is 0.410 e. The molecule has 10 heteroatoms. The third kappa shape index (κ3) is 3.96. The first-order chi connectivity index (χ1) is 14.4. The lowest BCUT2D eigenvalue weighted by Crippen LogP contribution is -2.59. The molecule has 9 nitrogen and oxygen atoms in total. The molecule has 1 amide bonds. The van der Waals surface area contributed by atoms with Gasteiger partial charge in [-0.3, -0.25) is 9.36 Å². The first-order valence-electron chi connectivity index (χ1n) is 10.2. The number of carbonyl (C=O) groups excluding carboxylic acids is 1. The van der Waals surface area contributed by atoms with Crippen LogP contribution in [0.25, 0.3) is 11.2 Å². The second-order valence-electron chi connectivity index (χ2n) is 9.10. The van der Waals surface area contributed by atoms with Gasteiger partial charge in [0.15, 0.2) is 0 Å². The maximum Gasteiger partial charge on any atom is 0.410 e. The normalized spacial score (nSPS) is 19.6. The maximum absolute atomic E-state index is 15.3. The van der Waals surface area contributed by atoms with Gasteiger partial charge in [0.05, 0.1) is 12.5 Å². The Morgan fingerprint density at radius 1 is 1.23 bits per heavy atom. The Morgan fingerprint density at radius 3 is 2.45 bits per heavy atom. The number of nitriles is 1. The molecule has 168 valence electrons. The molecule has 0 saturated carbocycles. The summed E-state index contributed by atoms with van der Waals surface area (Å²) >= 11 is 0. The molecule has 0 bridgehead atoms. The highest BCUT2D eigenvalue weighted by atomic mass is 19.1. The summed E-state index contributed by atoms with van der Waals surface area (Å²) in [7, 11) is 3.19. The molecule has 1 aliphatic rings. The van der Waals surface area contributed by atoms with E-state index in [1.165, 1.54) is 11.6 Å². The molecule has 2 atom stereocenters. The second kappa shape index (κ2) is 7.87. The topological polar surface area (TPSA) is 96.4 Å². The molecule has 3 heterocycles. The Balaban J connectivity index is 2.07. The molecule has 2 aromatic rings. The summed E-state index contributed by atoms with van der Waals surface area (Å²) in [5.74, 6) is -0.436. The Kier molecular flexibility index (Phi) is 5.74. The first-order valence-corrected chi connectivity index (χ1v) is 10.2. The third-order valence-corrected chi connectivity index (χ3v) is 5.54. The quantitative estimate of drug-likeness (QED) is 0.723. The molecule has 0 unspecified atom stereocenters. The second-order valence-corrected chi connectivity index (χ2v) is 9.10. The lowest BCUT2D eigenvalue weighted by Gasteiger charge is -2.45. The predicted octanol–water partition coefficient (Wildman–Crippen LogP) is 2.31. The number of halogens is 1. The van der Waals surface area contributed by atoms with Crippen LogP contribution in [0.5, 0.6) is 0 Å². The van der Waals surface area contributed by atoms with Gasteiger partial charge in [-0.25, -0.2) is 9.78 Å². The van der Waals surface area contributed by atoms with Crippen LogP contribution in [-0.2, 0) is 25.3 Å². The monoisotopic (exact) mass is 432 g/mol. The third-order valence-electron chi connectivity index (χ3n) is 5.54. The molecular weight excluding hydrogens is 403 g/mol. The maximum atomic E-state index is 15.3. The van der Waals surface area contributed by atoms with E-state index in [1.54, 1.807) is 42.2 Å².